The SMILES string of the molecule is COc1ccc(NC(CO)Cc2ccccc2)cc1. The number of hydrogen-bond acceptors (Lipinski definition) is 3. The van der Waals surface area contributed by atoms with E-state index in [4.69, 9.17) is 4.74 Å². The molecular formula is C16H19NO2. The fraction of sp³-hybridized carbons (Fsp3) is 0.250. The van der Waals surface area contributed by atoms with Crippen molar-refractivity contribution in [3.05, 3.63) is 60.2 Å². The predicted octanol–water partition coefficient (Wildman–Crippen LogP) is 2.71. The second-order valence-electron chi connectivity index (χ2n) is 4.44. The smallest absolute Gasteiger partial charge is 0.119 e. The topological polar surface area (TPSA) is 41.5 Å². The van der Waals surface area contributed by atoms with Gasteiger partial charge in [-0.3, -0.25) is 0 Å². The molecule has 0 aliphatic heterocycles. The van der Waals surface area contributed by atoms with E-state index in [2.05, 4.69) is 17.4 Å². The maximum atomic E-state index is 9.46. The van der Waals surface area contributed by atoms with E-state index in [1.165, 1.54) is 5.56 Å². The number of benzene rings is 2. The van der Waals surface area contributed by atoms with Crippen molar-refractivity contribution in [1.82, 2.24) is 0 Å². The van der Waals surface area contributed by atoms with Crippen LogP contribution in [0.5, 0.6) is 5.75 Å². The van der Waals surface area contributed by atoms with E-state index in [9.17, 15) is 5.11 Å². The number of aliphatic hydroxyl groups excluding tert-OH is 1. The minimum absolute atomic E-state index is 0.01000. The molecular weight excluding hydrogens is 238 g/mol. The number of rotatable bonds is 6. The molecule has 19 heavy (non-hydrogen) atoms. The van der Waals surface area contributed by atoms with E-state index in [1.54, 1.807) is 7.11 Å². The Morgan fingerprint density at radius 3 is 2.32 bits per heavy atom. The third kappa shape index (κ3) is 4.00. The summed E-state index contributed by atoms with van der Waals surface area (Å²) in [7, 11) is 1.65. The van der Waals surface area contributed by atoms with Gasteiger partial charge in [0, 0.05) is 5.69 Å². The first-order valence-corrected chi connectivity index (χ1v) is 6.37. The molecule has 1 atom stereocenters. The van der Waals surface area contributed by atoms with Crippen LogP contribution >= 0.6 is 0 Å². The minimum Gasteiger partial charge on any atom is -0.497 e. The van der Waals surface area contributed by atoms with Gasteiger partial charge in [-0.25, -0.2) is 0 Å². The van der Waals surface area contributed by atoms with E-state index in [-0.39, 0.29) is 12.6 Å². The Morgan fingerprint density at radius 2 is 1.74 bits per heavy atom. The van der Waals surface area contributed by atoms with Crippen LogP contribution in [0, 0.1) is 0 Å². The van der Waals surface area contributed by atoms with Gasteiger partial charge >= 0.3 is 0 Å². The largest absolute Gasteiger partial charge is 0.497 e. The molecule has 2 N–H and O–H groups in total. The Hall–Kier alpha value is -2.00. The zero-order valence-corrected chi connectivity index (χ0v) is 11.0. The Labute approximate surface area is 113 Å². The van der Waals surface area contributed by atoms with Gasteiger partial charge in [0.2, 0.25) is 0 Å². The van der Waals surface area contributed by atoms with E-state index in [0.29, 0.717) is 0 Å². The molecule has 3 nitrogen and oxygen atoms in total. The molecule has 0 aromatic heterocycles. The maximum absolute atomic E-state index is 9.46. The lowest BCUT2D eigenvalue weighted by atomic mass is 10.1. The first-order chi connectivity index (χ1) is 9.31. The normalized spacial score (nSPS) is 11.9. The molecule has 1 unspecified atom stereocenters. The summed E-state index contributed by atoms with van der Waals surface area (Å²) >= 11 is 0. The molecule has 0 saturated carbocycles. The Morgan fingerprint density at radius 1 is 1.05 bits per heavy atom. The first kappa shape index (κ1) is 13.4. The van der Waals surface area contributed by atoms with Crippen molar-refractivity contribution in [3.63, 3.8) is 0 Å². The van der Waals surface area contributed by atoms with Crippen molar-refractivity contribution in [2.75, 3.05) is 19.0 Å². The second-order valence-corrected chi connectivity index (χ2v) is 4.44. The van der Waals surface area contributed by atoms with Crippen molar-refractivity contribution in [3.8, 4) is 5.75 Å². The van der Waals surface area contributed by atoms with Crippen molar-refractivity contribution >= 4 is 5.69 Å². The number of hydrogen-bond donors (Lipinski definition) is 2. The van der Waals surface area contributed by atoms with Gasteiger partial charge in [-0.2, -0.15) is 0 Å². The highest BCUT2D eigenvalue weighted by Crippen LogP contribution is 2.16. The van der Waals surface area contributed by atoms with Crippen LogP contribution in [0.25, 0.3) is 0 Å². The number of nitrogens with one attached hydrogen (secondary N) is 1. The molecule has 0 heterocycles. The van der Waals surface area contributed by atoms with E-state index < -0.39 is 0 Å². The first-order valence-electron chi connectivity index (χ1n) is 6.37. The maximum Gasteiger partial charge on any atom is 0.119 e. The van der Waals surface area contributed by atoms with Crippen molar-refractivity contribution in [2.24, 2.45) is 0 Å². The molecule has 0 aliphatic rings. The number of ether oxygens (including phenoxy) is 1. The summed E-state index contributed by atoms with van der Waals surface area (Å²) in [5, 5.41) is 12.8. The lowest BCUT2D eigenvalue weighted by molar-refractivity contribution is 0.273. The third-order valence-corrected chi connectivity index (χ3v) is 3.01. The molecule has 0 spiro atoms. The van der Waals surface area contributed by atoms with Gasteiger partial charge in [0.25, 0.3) is 0 Å². The molecule has 0 radical (unpaired) electrons. The van der Waals surface area contributed by atoms with Crippen LogP contribution in [-0.2, 0) is 6.42 Å². The monoisotopic (exact) mass is 257 g/mol. The number of anilines is 1. The summed E-state index contributed by atoms with van der Waals surface area (Å²) in [6.45, 7) is 0.0981. The molecule has 0 bridgehead atoms. The predicted molar refractivity (Wildman–Crippen MR) is 77.6 cm³/mol. The summed E-state index contributed by atoms with van der Waals surface area (Å²) in [5.41, 5.74) is 2.19. The van der Waals surface area contributed by atoms with Crippen molar-refractivity contribution < 1.29 is 9.84 Å². The summed E-state index contributed by atoms with van der Waals surface area (Å²) in [5.74, 6) is 0.828. The second kappa shape index (κ2) is 6.81. The van der Waals surface area contributed by atoms with Crippen LogP contribution in [0.4, 0.5) is 5.69 Å². The summed E-state index contributed by atoms with van der Waals surface area (Å²) in [6, 6.07) is 17.9. The Balaban J connectivity index is 1.98. The molecule has 100 valence electrons. The van der Waals surface area contributed by atoms with Gasteiger partial charge in [-0.15, -0.1) is 0 Å². The lowest BCUT2D eigenvalue weighted by Gasteiger charge is -2.18. The molecule has 2 rings (SSSR count). The van der Waals surface area contributed by atoms with Gasteiger partial charge < -0.3 is 15.2 Å². The summed E-state index contributed by atoms with van der Waals surface area (Å²) < 4.78 is 5.12. The average molecular weight is 257 g/mol. The van der Waals surface area contributed by atoms with Gasteiger partial charge in [0.05, 0.1) is 19.8 Å². The Bertz CT molecular complexity index is 482. The van der Waals surface area contributed by atoms with Crippen LogP contribution in [0.3, 0.4) is 0 Å². The van der Waals surface area contributed by atoms with E-state index in [1.807, 2.05) is 42.5 Å². The van der Waals surface area contributed by atoms with E-state index in [0.717, 1.165) is 17.9 Å². The number of aliphatic hydroxyl groups is 1. The van der Waals surface area contributed by atoms with E-state index >= 15 is 0 Å². The van der Waals surface area contributed by atoms with Gasteiger partial charge in [0.15, 0.2) is 0 Å². The van der Waals surface area contributed by atoms with Crippen LogP contribution in [-0.4, -0.2) is 24.9 Å². The zero-order valence-electron chi connectivity index (χ0n) is 11.0. The Kier molecular flexibility index (Phi) is 4.81. The quantitative estimate of drug-likeness (QED) is 0.836. The molecule has 3 heteroatoms. The van der Waals surface area contributed by atoms with Gasteiger partial charge in [0.1, 0.15) is 5.75 Å². The van der Waals surface area contributed by atoms with Crippen molar-refractivity contribution in [1.29, 1.82) is 0 Å². The van der Waals surface area contributed by atoms with Crippen LogP contribution in [0.1, 0.15) is 5.56 Å². The fourth-order valence-corrected chi connectivity index (χ4v) is 1.98. The summed E-state index contributed by atoms with van der Waals surface area (Å²) in [4.78, 5) is 0. The standard InChI is InChI=1S/C16H19NO2/c1-19-16-9-7-14(8-10-16)17-15(12-18)11-13-5-3-2-4-6-13/h2-10,15,17-18H,11-12H2,1H3. The third-order valence-electron chi connectivity index (χ3n) is 3.01. The minimum atomic E-state index is 0.01000. The van der Waals surface area contributed by atoms with Crippen molar-refractivity contribution in [2.45, 2.75) is 12.5 Å². The summed E-state index contributed by atoms with van der Waals surface area (Å²) in [6.07, 6.45) is 0.795. The highest BCUT2D eigenvalue weighted by atomic mass is 16.5. The number of methoxy groups -OCH3 is 1. The highest BCUT2D eigenvalue weighted by molar-refractivity contribution is 5.47. The van der Waals surface area contributed by atoms with Crippen LogP contribution < -0.4 is 10.1 Å². The van der Waals surface area contributed by atoms with Crippen LogP contribution in [0.15, 0.2) is 54.6 Å². The molecule has 2 aromatic rings. The molecule has 0 fully saturated rings. The average Bonchev–Trinajstić information content (AvgIpc) is 2.48. The van der Waals surface area contributed by atoms with Gasteiger partial charge in [-0.05, 0) is 36.2 Å². The lowest BCUT2D eigenvalue weighted by Crippen LogP contribution is -2.26. The molecule has 2 aromatic carbocycles. The van der Waals surface area contributed by atoms with Crippen LogP contribution in [0.2, 0.25) is 0 Å². The molecule has 0 aliphatic carbocycles. The van der Waals surface area contributed by atoms with Gasteiger partial charge in [-0.1, -0.05) is 30.3 Å². The molecule has 0 saturated heterocycles. The fourth-order valence-electron chi connectivity index (χ4n) is 1.98. The highest BCUT2D eigenvalue weighted by Gasteiger charge is 2.08. The molecule has 0 amide bonds. The zero-order chi connectivity index (χ0) is 13.5.